The number of aliphatic hydroxyl groups is 1. The summed E-state index contributed by atoms with van der Waals surface area (Å²) in [7, 11) is 1.43. The first-order valence-electron chi connectivity index (χ1n) is 9.74. The highest BCUT2D eigenvalue weighted by Crippen LogP contribution is 2.35. The molecule has 3 aromatic rings. The second-order valence-corrected chi connectivity index (χ2v) is 7.07. The van der Waals surface area contributed by atoms with E-state index in [1.165, 1.54) is 25.3 Å². The monoisotopic (exact) mass is 443 g/mol. The number of rotatable bonds is 6. The van der Waals surface area contributed by atoms with Crippen molar-refractivity contribution in [3.8, 4) is 23.1 Å². The van der Waals surface area contributed by atoms with Crippen LogP contribution in [0.3, 0.4) is 0 Å². The minimum absolute atomic E-state index is 0.184. The molecule has 1 aromatic heterocycles. The number of aromatic nitrogens is 1. The summed E-state index contributed by atoms with van der Waals surface area (Å²) >= 11 is 0. The molecule has 9 heteroatoms. The number of halogens is 3. The van der Waals surface area contributed by atoms with Crippen LogP contribution >= 0.6 is 0 Å². The molecule has 0 saturated carbocycles. The van der Waals surface area contributed by atoms with E-state index in [4.69, 9.17) is 4.74 Å². The molecule has 0 aliphatic carbocycles. The lowest BCUT2D eigenvalue weighted by Crippen LogP contribution is -2.36. The van der Waals surface area contributed by atoms with Gasteiger partial charge in [-0.15, -0.1) is 0 Å². The molecule has 6 nitrogen and oxygen atoms in total. The van der Waals surface area contributed by atoms with Gasteiger partial charge in [-0.1, -0.05) is 13.0 Å². The lowest BCUT2D eigenvalue weighted by molar-refractivity contribution is -0.137. The number of nitrogens with one attached hydrogen (secondary N) is 1. The molecular weight excluding hydrogens is 423 g/mol. The summed E-state index contributed by atoms with van der Waals surface area (Å²) in [6, 6.07) is 10.5. The van der Waals surface area contributed by atoms with Crippen LogP contribution in [0, 0.1) is 11.3 Å². The first-order chi connectivity index (χ1) is 15.2. The molecule has 166 valence electrons. The third kappa shape index (κ3) is 4.65. The zero-order valence-electron chi connectivity index (χ0n) is 17.3. The molecule has 3 rings (SSSR count). The zero-order chi connectivity index (χ0) is 23.5. The Labute approximate surface area is 182 Å². The average Bonchev–Trinajstić information content (AvgIpc) is 2.80. The van der Waals surface area contributed by atoms with E-state index in [2.05, 4.69) is 10.3 Å². The quantitative estimate of drug-likeness (QED) is 0.592. The lowest BCUT2D eigenvalue weighted by Gasteiger charge is -2.15. The number of pyridine rings is 1. The highest BCUT2D eigenvalue weighted by molar-refractivity contribution is 5.99. The largest absolute Gasteiger partial charge is 0.496 e. The molecule has 0 saturated heterocycles. The number of aliphatic hydroxyl groups excluding tert-OH is 1. The molecule has 0 radical (unpaired) electrons. The number of hydrogen-bond acceptors (Lipinski definition) is 5. The molecule has 1 heterocycles. The maximum absolute atomic E-state index is 13.0. The van der Waals surface area contributed by atoms with E-state index in [0.29, 0.717) is 28.6 Å². The summed E-state index contributed by atoms with van der Waals surface area (Å²) in [4.78, 5) is 17.0. The smallest absolute Gasteiger partial charge is 0.416 e. The molecule has 1 amide bonds. The van der Waals surface area contributed by atoms with E-state index in [1.807, 2.05) is 6.92 Å². The molecule has 0 unspecified atom stereocenters. The Morgan fingerprint density at radius 3 is 2.59 bits per heavy atom. The van der Waals surface area contributed by atoms with E-state index in [1.54, 1.807) is 18.2 Å². The van der Waals surface area contributed by atoms with Gasteiger partial charge >= 0.3 is 6.18 Å². The van der Waals surface area contributed by atoms with Crippen molar-refractivity contribution in [1.82, 2.24) is 10.3 Å². The van der Waals surface area contributed by atoms with Crippen LogP contribution in [0.25, 0.3) is 22.2 Å². The van der Waals surface area contributed by atoms with Crippen molar-refractivity contribution in [1.29, 1.82) is 5.26 Å². The first kappa shape index (κ1) is 23.0. The summed E-state index contributed by atoms with van der Waals surface area (Å²) in [5.74, 6) is -0.00578. The van der Waals surface area contributed by atoms with Crippen LogP contribution in [0.5, 0.6) is 5.75 Å². The molecule has 2 N–H and O–H groups in total. The van der Waals surface area contributed by atoms with Crippen molar-refractivity contribution in [2.75, 3.05) is 13.7 Å². The molecule has 0 aliphatic rings. The van der Waals surface area contributed by atoms with Gasteiger partial charge in [-0.2, -0.15) is 18.4 Å². The fourth-order valence-electron chi connectivity index (χ4n) is 3.23. The van der Waals surface area contributed by atoms with Crippen LogP contribution in [0.4, 0.5) is 13.2 Å². The second kappa shape index (κ2) is 9.24. The number of methoxy groups -OCH3 is 1. The van der Waals surface area contributed by atoms with E-state index in [0.717, 1.165) is 12.1 Å². The Morgan fingerprint density at radius 2 is 2.00 bits per heavy atom. The number of nitriles is 1. The van der Waals surface area contributed by atoms with Crippen molar-refractivity contribution >= 4 is 16.8 Å². The van der Waals surface area contributed by atoms with Crippen LogP contribution in [-0.2, 0) is 6.18 Å². The predicted molar refractivity (Wildman–Crippen MR) is 112 cm³/mol. The summed E-state index contributed by atoms with van der Waals surface area (Å²) in [5.41, 5.74) is -0.00652. The number of fused-ring (bicyclic) bond motifs is 1. The van der Waals surface area contributed by atoms with Gasteiger partial charge in [-0.25, -0.2) is 4.98 Å². The molecule has 0 fully saturated rings. The van der Waals surface area contributed by atoms with E-state index >= 15 is 0 Å². The molecule has 2 aromatic carbocycles. The molecule has 1 atom stereocenters. The van der Waals surface area contributed by atoms with Gasteiger partial charge in [0.2, 0.25) is 0 Å². The summed E-state index contributed by atoms with van der Waals surface area (Å²) in [6.45, 7) is 1.63. The Kier molecular flexibility index (Phi) is 6.65. The van der Waals surface area contributed by atoms with Gasteiger partial charge in [0.05, 0.1) is 48.2 Å². The van der Waals surface area contributed by atoms with Gasteiger partial charge in [0, 0.05) is 22.6 Å². The van der Waals surface area contributed by atoms with Gasteiger partial charge in [0.25, 0.3) is 5.91 Å². The van der Waals surface area contributed by atoms with Crippen LogP contribution in [0.15, 0.2) is 42.5 Å². The minimum Gasteiger partial charge on any atom is -0.496 e. The van der Waals surface area contributed by atoms with Crippen molar-refractivity contribution in [3.63, 3.8) is 0 Å². The molecule has 32 heavy (non-hydrogen) atoms. The summed E-state index contributed by atoms with van der Waals surface area (Å²) in [6.07, 6.45) is -4.03. The van der Waals surface area contributed by atoms with Gasteiger partial charge in [-0.3, -0.25) is 4.79 Å². The highest BCUT2D eigenvalue weighted by Gasteiger charge is 2.31. The van der Waals surface area contributed by atoms with Crippen molar-refractivity contribution in [2.24, 2.45) is 0 Å². The van der Waals surface area contributed by atoms with Crippen molar-refractivity contribution < 1.29 is 27.8 Å². The fourth-order valence-corrected chi connectivity index (χ4v) is 3.23. The Hall–Kier alpha value is -3.64. The molecule has 0 spiro atoms. The van der Waals surface area contributed by atoms with Gasteiger partial charge < -0.3 is 15.2 Å². The van der Waals surface area contributed by atoms with Gasteiger partial charge in [-0.05, 0) is 36.8 Å². The minimum atomic E-state index is -4.58. The number of carbonyl (C=O) groups excluding carboxylic acids is 1. The maximum atomic E-state index is 13.0. The van der Waals surface area contributed by atoms with Gasteiger partial charge in [0.1, 0.15) is 5.75 Å². The number of carbonyl (C=O) groups is 1. The van der Waals surface area contributed by atoms with Gasteiger partial charge in [0.15, 0.2) is 0 Å². The zero-order valence-corrected chi connectivity index (χ0v) is 17.3. The maximum Gasteiger partial charge on any atom is 0.416 e. The van der Waals surface area contributed by atoms with E-state index in [9.17, 15) is 28.3 Å². The fraction of sp³-hybridized carbons (Fsp3) is 0.261. The number of amides is 1. The van der Waals surface area contributed by atoms with Crippen LogP contribution in [-0.4, -0.2) is 35.8 Å². The lowest BCUT2D eigenvalue weighted by atomic mass is 10.00. The number of ether oxygens (including phenoxy) is 1. The third-order valence-corrected chi connectivity index (χ3v) is 5.05. The number of hydrogen-bond donors (Lipinski definition) is 2. The Balaban J connectivity index is 2.11. The highest BCUT2D eigenvalue weighted by atomic mass is 19.4. The number of benzene rings is 2. The summed E-state index contributed by atoms with van der Waals surface area (Å²) in [5, 5.41) is 22.0. The second-order valence-electron chi connectivity index (χ2n) is 7.07. The standard InChI is InChI=1S/C23H20F3N3O3/c1-3-16(12-30)28-22(31)13-4-6-18-19(9-13)29-20(10-21(18)32-2)17-7-5-15(23(24,25)26)8-14(17)11-27/h4-10,16,30H,3,12H2,1-2H3,(H,28,31)/t16-/m1/s1. The number of alkyl halides is 3. The van der Waals surface area contributed by atoms with Crippen LogP contribution in [0.2, 0.25) is 0 Å². The molecular formula is C23H20F3N3O3. The Bertz CT molecular complexity index is 1200. The SMILES string of the molecule is CC[C@H](CO)NC(=O)c1ccc2c(OC)cc(-c3ccc(C(F)(F)F)cc3C#N)nc2c1. The van der Waals surface area contributed by atoms with Crippen molar-refractivity contribution in [3.05, 3.63) is 59.2 Å². The summed E-state index contributed by atoms with van der Waals surface area (Å²) < 4.78 is 44.5. The Morgan fingerprint density at radius 1 is 1.25 bits per heavy atom. The predicted octanol–water partition coefficient (Wildman–Crippen LogP) is 4.30. The third-order valence-electron chi connectivity index (χ3n) is 5.05. The number of nitrogens with zero attached hydrogens (tertiary/aromatic N) is 2. The molecule has 0 bridgehead atoms. The average molecular weight is 443 g/mol. The van der Waals surface area contributed by atoms with E-state index in [-0.39, 0.29) is 23.4 Å². The van der Waals surface area contributed by atoms with Crippen LogP contribution < -0.4 is 10.1 Å². The van der Waals surface area contributed by atoms with Crippen LogP contribution in [0.1, 0.15) is 34.8 Å². The molecule has 0 aliphatic heterocycles. The first-order valence-corrected chi connectivity index (χ1v) is 9.74. The topological polar surface area (TPSA) is 95.2 Å². The van der Waals surface area contributed by atoms with Crippen molar-refractivity contribution in [2.45, 2.75) is 25.6 Å². The normalized spacial score (nSPS) is 12.3. The van der Waals surface area contributed by atoms with E-state index < -0.39 is 23.7 Å².